The van der Waals surface area contributed by atoms with Crippen LogP contribution in [-0.4, -0.2) is 49.2 Å². The molecule has 0 aliphatic carbocycles. The van der Waals surface area contributed by atoms with Gasteiger partial charge in [0.15, 0.2) is 0 Å². The predicted molar refractivity (Wildman–Crippen MR) is 68.4 cm³/mol. The van der Waals surface area contributed by atoms with Crippen LogP contribution in [-0.2, 0) is 6.42 Å². The third kappa shape index (κ3) is 3.98. The van der Waals surface area contributed by atoms with E-state index < -0.39 is 0 Å². The zero-order valence-corrected chi connectivity index (χ0v) is 10.5. The fourth-order valence-electron chi connectivity index (χ4n) is 1.95. The van der Waals surface area contributed by atoms with Gasteiger partial charge in [-0.05, 0) is 12.5 Å². The summed E-state index contributed by atoms with van der Waals surface area (Å²) < 4.78 is 5.68. The molecule has 17 heavy (non-hydrogen) atoms. The van der Waals surface area contributed by atoms with E-state index in [1.165, 1.54) is 0 Å². The minimum Gasteiger partial charge on any atom is -0.476 e. The van der Waals surface area contributed by atoms with Crippen LogP contribution in [0, 0.1) is 0 Å². The number of ether oxygens (including phenoxy) is 1. The minimum absolute atomic E-state index is 0.722. The fourth-order valence-corrected chi connectivity index (χ4v) is 1.95. The molecule has 4 heteroatoms. The van der Waals surface area contributed by atoms with E-state index >= 15 is 0 Å². The maximum atomic E-state index is 5.68. The number of hydrogen-bond donors (Lipinski definition) is 1. The van der Waals surface area contributed by atoms with Gasteiger partial charge in [-0.2, -0.15) is 0 Å². The van der Waals surface area contributed by atoms with Crippen LogP contribution < -0.4 is 10.1 Å². The molecular formula is C13H21N3O. The summed E-state index contributed by atoms with van der Waals surface area (Å²) in [4.78, 5) is 6.84. The van der Waals surface area contributed by atoms with Gasteiger partial charge in [0.25, 0.3) is 0 Å². The normalized spacial score (nSPS) is 17.0. The molecule has 0 unspecified atom stereocenters. The van der Waals surface area contributed by atoms with Gasteiger partial charge in [0.1, 0.15) is 6.61 Å². The Bertz CT molecular complexity index is 337. The number of hydrogen-bond acceptors (Lipinski definition) is 4. The van der Waals surface area contributed by atoms with Crippen molar-refractivity contribution in [2.75, 3.05) is 39.3 Å². The lowest BCUT2D eigenvalue weighted by atomic mass is 10.3. The molecule has 2 rings (SSSR count). The van der Waals surface area contributed by atoms with Crippen molar-refractivity contribution in [1.29, 1.82) is 0 Å². The Morgan fingerprint density at radius 3 is 2.94 bits per heavy atom. The molecular weight excluding hydrogens is 214 g/mol. The highest BCUT2D eigenvalue weighted by Crippen LogP contribution is 2.07. The van der Waals surface area contributed by atoms with Gasteiger partial charge in [-0.3, -0.25) is 4.90 Å². The molecule has 4 nitrogen and oxygen atoms in total. The van der Waals surface area contributed by atoms with Gasteiger partial charge in [0, 0.05) is 44.5 Å². The Balaban J connectivity index is 1.73. The summed E-state index contributed by atoms with van der Waals surface area (Å²) in [6.07, 6.45) is 0.953. The second-order valence-corrected chi connectivity index (χ2v) is 4.26. The summed E-state index contributed by atoms with van der Waals surface area (Å²) in [7, 11) is 0. The van der Waals surface area contributed by atoms with Crippen molar-refractivity contribution in [3.05, 3.63) is 23.9 Å². The van der Waals surface area contributed by atoms with E-state index in [4.69, 9.17) is 4.74 Å². The molecule has 1 saturated heterocycles. The van der Waals surface area contributed by atoms with Crippen molar-refractivity contribution in [2.24, 2.45) is 0 Å². The maximum absolute atomic E-state index is 5.68. The second kappa shape index (κ2) is 6.57. The van der Waals surface area contributed by atoms with E-state index in [1.54, 1.807) is 0 Å². The van der Waals surface area contributed by atoms with E-state index in [-0.39, 0.29) is 0 Å². The van der Waals surface area contributed by atoms with Crippen molar-refractivity contribution in [2.45, 2.75) is 13.3 Å². The average molecular weight is 235 g/mol. The molecule has 0 saturated carbocycles. The molecule has 0 bridgehead atoms. The van der Waals surface area contributed by atoms with Crippen LogP contribution in [0.25, 0.3) is 0 Å². The number of nitrogens with one attached hydrogen (secondary N) is 1. The van der Waals surface area contributed by atoms with Gasteiger partial charge in [0.2, 0.25) is 5.88 Å². The first-order valence-corrected chi connectivity index (χ1v) is 6.40. The van der Waals surface area contributed by atoms with Crippen molar-refractivity contribution in [3.8, 4) is 5.88 Å². The first-order chi connectivity index (χ1) is 8.38. The molecule has 1 aliphatic heterocycles. The van der Waals surface area contributed by atoms with E-state index in [0.29, 0.717) is 0 Å². The molecule has 0 atom stereocenters. The molecule has 1 N–H and O–H groups in total. The Labute approximate surface area is 103 Å². The predicted octanol–water partition coefficient (Wildman–Crippen LogP) is 0.928. The molecule has 0 spiro atoms. The number of aryl methyl sites for hydroxylation is 1. The highest BCUT2D eigenvalue weighted by molar-refractivity contribution is 5.15. The van der Waals surface area contributed by atoms with Gasteiger partial charge >= 0.3 is 0 Å². The quantitative estimate of drug-likeness (QED) is 0.824. The lowest BCUT2D eigenvalue weighted by Crippen LogP contribution is -2.44. The third-order valence-electron chi connectivity index (χ3n) is 3.01. The van der Waals surface area contributed by atoms with Crippen LogP contribution in [0.4, 0.5) is 0 Å². The first-order valence-electron chi connectivity index (χ1n) is 6.40. The topological polar surface area (TPSA) is 37.4 Å². The fraction of sp³-hybridized carbons (Fsp3) is 0.615. The van der Waals surface area contributed by atoms with Gasteiger partial charge in [-0.1, -0.05) is 13.0 Å². The summed E-state index contributed by atoms with van der Waals surface area (Å²) in [5.74, 6) is 0.750. The van der Waals surface area contributed by atoms with Crippen LogP contribution in [0.5, 0.6) is 5.88 Å². The van der Waals surface area contributed by atoms with Crippen molar-refractivity contribution < 1.29 is 4.74 Å². The summed E-state index contributed by atoms with van der Waals surface area (Å²) >= 11 is 0. The molecule has 1 aromatic rings. The van der Waals surface area contributed by atoms with E-state index in [9.17, 15) is 0 Å². The summed E-state index contributed by atoms with van der Waals surface area (Å²) in [6, 6.07) is 5.96. The number of aromatic nitrogens is 1. The van der Waals surface area contributed by atoms with Crippen molar-refractivity contribution in [3.63, 3.8) is 0 Å². The zero-order chi connectivity index (χ0) is 11.9. The Kier molecular flexibility index (Phi) is 4.76. The average Bonchev–Trinajstić information content (AvgIpc) is 2.40. The number of pyridine rings is 1. The molecule has 1 aromatic heterocycles. The van der Waals surface area contributed by atoms with Gasteiger partial charge in [-0.15, -0.1) is 0 Å². The van der Waals surface area contributed by atoms with Crippen LogP contribution in [0.3, 0.4) is 0 Å². The summed E-state index contributed by atoms with van der Waals surface area (Å²) in [6.45, 7) is 8.22. The maximum Gasteiger partial charge on any atom is 0.213 e. The Morgan fingerprint density at radius 1 is 1.35 bits per heavy atom. The van der Waals surface area contributed by atoms with Crippen LogP contribution in [0.15, 0.2) is 18.2 Å². The van der Waals surface area contributed by atoms with Crippen LogP contribution in [0.2, 0.25) is 0 Å². The Morgan fingerprint density at radius 2 is 2.18 bits per heavy atom. The minimum atomic E-state index is 0.722. The molecule has 0 radical (unpaired) electrons. The van der Waals surface area contributed by atoms with E-state index in [2.05, 4.69) is 22.1 Å². The SMILES string of the molecule is CCc1cccc(OCCN2CCNCC2)n1. The lowest BCUT2D eigenvalue weighted by Gasteiger charge is -2.26. The van der Waals surface area contributed by atoms with E-state index in [1.807, 2.05) is 18.2 Å². The number of nitrogens with zero attached hydrogens (tertiary/aromatic N) is 2. The van der Waals surface area contributed by atoms with Gasteiger partial charge < -0.3 is 10.1 Å². The van der Waals surface area contributed by atoms with Gasteiger partial charge in [-0.25, -0.2) is 4.98 Å². The zero-order valence-electron chi connectivity index (χ0n) is 10.5. The smallest absolute Gasteiger partial charge is 0.213 e. The molecule has 2 heterocycles. The lowest BCUT2D eigenvalue weighted by molar-refractivity contribution is 0.188. The molecule has 1 fully saturated rings. The monoisotopic (exact) mass is 235 g/mol. The number of rotatable bonds is 5. The largest absolute Gasteiger partial charge is 0.476 e. The van der Waals surface area contributed by atoms with Gasteiger partial charge in [0.05, 0.1) is 0 Å². The van der Waals surface area contributed by atoms with Crippen molar-refractivity contribution >= 4 is 0 Å². The summed E-state index contributed by atoms with van der Waals surface area (Å²) in [5.41, 5.74) is 1.09. The highest BCUT2D eigenvalue weighted by atomic mass is 16.5. The number of piperazine rings is 1. The highest BCUT2D eigenvalue weighted by Gasteiger charge is 2.08. The first kappa shape index (κ1) is 12.3. The second-order valence-electron chi connectivity index (χ2n) is 4.26. The van der Waals surface area contributed by atoms with E-state index in [0.717, 1.165) is 57.3 Å². The Hall–Kier alpha value is -1.13. The molecule has 0 aromatic carbocycles. The molecule has 1 aliphatic rings. The van der Waals surface area contributed by atoms with Crippen molar-refractivity contribution in [1.82, 2.24) is 15.2 Å². The van der Waals surface area contributed by atoms with Crippen LogP contribution in [0.1, 0.15) is 12.6 Å². The van der Waals surface area contributed by atoms with Crippen LogP contribution >= 0.6 is 0 Å². The molecule has 0 amide bonds. The molecule has 94 valence electrons. The summed E-state index contributed by atoms with van der Waals surface area (Å²) in [5, 5.41) is 3.34. The standard InChI is InChI=1S/C13H21N3O/c1-2-12-4-3-5-13(15-12)17-11-10-16-8-6-14-7-9-16/h3-5,14H,2,6-11H2,1H3. The third-order valence-corrected chi connectivity index (χ3v) is 3.01.